The average molecular weight is 383 g/mol. The second kappa shape index (κ2) is 7.13. The second-order valence-electron chi connectivity index (χ2n) is 8.00. The Labute approximate surface area is 165 Å². The summed E-state index contributed by atoms with van der Waals surface area (Å²) >= 11 is 0. The predicted octanol–water partition coefficient (Wildman–Crippen LogP) is 2.03. The third-order valence-corrected chi connectivity index (χ3v) is 6.49. The maximum absolute atomic E-state index is 12.6. The number of nitrogens with zero attached hydrogens (tertiary/aromatic N) is 2. The van der Waals surface area contributed by atoms with Crippen LogP contribution in [0.15, 0.2) is 18.3 Å². The summed E-state index contributed by atoms with van der Waals surface area (Å²) in [7, 11) is 2.11. The number of urea groups is 1. The van der Waals surface area contributed by atoms with Gasteiger partial charge in [-0.3, -0.25) is 4.79 Å². The van der Waals surface area contributed by atoms with E-state index in [0.717, 1.165) is 35.9 Å². The Bertz CT molecular complexity index is 917. The van der Waals surface area contributed by atoms with Crippen molar-refractivity contribution < 1.29 is 9.59 Å². The molecule has 1 fully saturated rings. The van der Waals surface area contributed by atoms with Gasteiger partial charge in [0.25, 0.3) is 0 Å². The van der Waals surface area contributed by atoms with Gasteiger partial charge >= 0.3 is 6.03 Å². The van der Waals surface area contributed by atoms with Gasteiger partial charge in [-0.05, 0) is 57.0 Å². The van der Waals surface area contributed by atoms with Gasteiger partial charge in [0, 0.05) is 60.3 Å². The molecule has 2 aliphatic rings. The first-order chi connectivity index (χ1) is 13.4. The fourth-order valence-electron chi connectivity index (χ4n) is 5.13. The lowest BCUT2D eigenvalue weighted by Crippen LogP contribution is -2.56. The molecule has 1 aliphatic carbocycles. The monoisotopic (exact) mass is 383 g/mol. The van der Waals surface area contributed by atoms with Crippen molar-refractivity contribution in [3.05, 3.63) is 35.0 Å². The molecule has 0 radical (unpaired) electrons. The molecule has 0 spiro atoms. The van der Waals surface area contributed by atoms with Crippen molar-refractivity contribution in [2.24, 2.45) is 5.73 Å². The number of likely N-dealkylation sites (N-methyl/N-ethyl adjacent to an activating group) is 1. The molecule has 7 nitrogen and oxygen atoms in total. The molecule has 1 saturated heterocycles. The number of amides is 3. The van der Waals surface area contributed by atoms with Crippen molar-refractivity contribution in [1.29, 1.82) is 0 Å². The quantitative estimate of drug-likeness (QED) is 0.754. The lowest BCUT2D eigenvalue weighted by molar-refractivity contribution is 0.0990. The number of nitrogens with one attached hydrogen (secondary N) is 2. The molecule has 2 aromatic rings. The number of nitrogens with two attached hydrogens (primary N) is 1. The number of fused-ring (bicyclic) bond motifs is 2. The molecule has 7 heteroatoms. The minimum absolute atomic E-state index is 0.0201. The zero-order chi connectivity index (χ0) is 20.0. The smallest absolute Gasteiger partial charge is 0.317 e. The topological polar surface area (TPSA) is 94.5 Å². The van der Waals surface area contributed by atoms with Gasteiger partial charge in [0.05, 0.1) is 0 Å². The Hall–Kier alpha value is -2.54. The van der Waals surface area contributed by atoms with E-state index in [1.54, 1.807) is 4.90 Å². The Morgan fingerprint density at radius 1 is 1.32 bits per heavy atom. The van der Waals surface area contributed by atoms with Crippen LogP contribution in [-0.4, -0.2) is 65.5 Å². The number of benzene rings is 1. The fraction of sp³-hybridized carbons (Fsp3) is 0.524. The van der Waals surface area contributed by atoms with Crippen LogP contribution in [0.25, 0.3) is 10.9 Å². The van der Waals surface area contributed by atoms with Gasteiger partial charge in [-0.2, -0.15) is 0 Å². The number of hydrogen-bond acceptors (Lipinski definition) is 3. The molecule has 3 amide bonds. The summed E-state index contributed by atoms with van der Waals surface area (Å²) in [6, 6.07) is 4.09. The van der Waals surface area contributed by atoms with Crippen molar-refractivity contribution in [2.45, 2.75) is 44.7 Å². The number of hydrogen-bond donors (Lipinski definition) is 3. The highest BCUT2D eigenvalue weighted by molar-refractivity contribution is 6.02. The number of rotatable bonds is 4. The highest BCUT2D eigenvalue weighted by Crippen LogP contribution is 2.44. The van der Waals surface area contributed by atoms with Crippen molar-refractivity contribution in [2.75, 3.05) is 26.7 Å². The third-order valence-electron chi connectivity index (χ3n) is 6.49. The van der Waals surface area contributed by atoms with E-state index in [-0.39, 0.29) is 23.9 Å². The molecule has 1 aromatic carbocycles. The lowest BCUT2D eigenvalue weighted by atomic mass is 9.72. The van der Waals surface area contributed by atoms with E-state index >= 15 is 0 Å². The lowest BCUT2D eigenvalue weighted by Gasteiger charge is -2.46. The van der Waals surface area contributed by atoms with Gasteiger partial charge in [0.1, 0.15) is 0 Å². The van der Waals surface area contributed by atoms with Crippen molar-refractivity contribution >= 4 is 22.8 Å². The van der Waals surface area contributed by atoms with Crippen LogP contribution in [0, 0.1) is 0 Å². The molecule has 1 aliphatic heterocycles. The van der Waals surface area contributed by atoms with Gasteiger partial charge in [0.15, 0.2) is 0 Å². The van der Waals surface area contributed by atoms with Gasteiger partial charge in [0.2, 0.25) is 5.91 Å². The Balaban J connectivity index is 1.70. The van der Waals surface area contributed by atoms with Crippen LogP contribution in [0.3, 0.4) is 0 Å². The van der Waals surface area contributed by atoms with E-state index in [4.69, 9.17) is 5.73 Å². The maximum atomic E-state index is 12.6. The fourth-order valence-corrected chi connectivity index (χ4v) is 5.13. The summed E-state index contributed by atoms with van der Waals surface area (Å²) in [6.45, 7) is 6.15. The number of likely N-dealkylation sites (tertiary alicyclic amines) is 1. The molecule has 3 atom stereocenters. The molecule has 1 aromatic heterocycles. The van der Waals surface area contributed by atoms with Crippen LogP contribution in [0.1, 0.15) is 47.7 Å². The number of primary amides is 1. The van der Waals surface area contributed by atoms with Crippen LogP contribution in [0.2, 0.25) is 0 Å². The third kappa shape index (κ3) is 2.94. The molecule has 0 unspecified atom stereocenters. The molecule has 150 valence electrons. The Morgan fingerprint density at radius 3 is 2.75 bits per heavy atom. The molecular formula is C21H29N5O2. The minimum atomic E-state index is -0.387. The number of carbonyl (C=O) groups excluding carboxylic acids is 2. The van der Waals surface area contributed by atoms with Crippen molar-refractivity contribution in [1.82, 2.24) is 20.1 Å². The number of piperidine rings is 1. The molecular weight excluding hydrogens is 354 g/mol. The first-order valence-corrected chi connectivity index (χ1v) is 10.1. The van der Waals surface area contributed by atoms with Crippen molar-refractivity contribution in [3.63, 3.8) is 0 Å². The summed E-state index contributed by atoms with van der Waals surface area (Å²) in [5.41, 5.74) is 9.67. The summed E-state index contributed by atoms with van der Waals surface area (Å²) < 4.78 is 0. The zero-order valence-corrected chi connectivity index (χ0v) is 16.8. The van der Waals surface area contributed by atoms with Gasteiger partial charge in [-0.25, -0.2) is 4.79 Å². The first-order valence-electron chi connectivity index (χ1n) is 10.1. The van der Waals surface area contributed by atoms with Crippen LogP contribution < -0.4 is 11.1 Å². The normalized spacial score (nSPS) is 24.0. The molecule has 0 bridgehead atoms. The van der Waals surface area contributed by atoms with E-state index in [1.807, 2.05) is 26.0 Å². The number of carbonyl (C=O) groups is 2. The predicted molar refractivity (Wildman–Crippen MR) is 110 cm³/mol. The molecule has 4 N–H and O–H groups in total. The van der Waals surface area contributed by atoms with E-state index in [9.17, 15) is 9.59 Å². The summed E-state index contributed by atoms with van der Waals surface area (Å²) in [4.78, 5) is 32.2. The SMILES string of the molecule is CCN(CC)C(=O)N[C@H]1C[C@@H]2c3c(C(N)=O)ccc4[nH]cc(c34)C[C@H]2N(C)C1. The van der Waals surface area contributed by atoms with Gasteiger partial charge < -0.3 is 25.8 Å². The van der Waals surface area contributed by atoms with Crippen LogP contribution in [-0.2, 0) is 6.42 Å². The first kappa shape index (κ1) is 18.8. The second-order valence-corrected chi connectivity index (χ2v) is 8.00. The van der Waals surface area contributed by atoms with Crippen LogP contribution in [0.5, 0.6) is 0 Å². The van der Waals surface area contributed by atoms with Gasteiger partial charge in [-0.15, -0.1) is 0 Å². The summed E-state index contributed by atoms with van der Waals surface area (Å²) in [5, 5.41) is 4.34. The maximum Gasteiger partial charge on any atom is 0.317 e. The van der Waals surface area contributed by atoms with E-state index in [2.05, 4.69) is 28.4 Å². The highest BCUT2D eigenvalue weighted by atomic mass is 16.2. The van der Waals surface area contributed by atoms with E-state index in [0.29, 0.717) is 24.7 Å². The van der Waals surface area contributed by atoms with E-state index in [1.165, 1.54) is 5.56 Å². The average Bonchev–Trinajstić information content (AvgIpc) is 3.07. The standard InChI is InChI=1S/C21H29N5O2/c1-4-26(5-2)21(28)24-13-9-15-17(25(3)11-13)8-12-10-23-16-7-6-14(20(22)27)19(15)18(12)16/h6-7,10,13,15,17,23H,4-5,8-9,11H2,1-3H3,(H2,22,27)(H,24,28)/t13-,15-,17+/m0/s1. The van der Waals surface area contributed by atoms with E-state index < -0.39 is 0 Å². The molecule has 28 heavy (non-hydrogen) atoms. The van der Waals surface area contributed by atoms with Crippen LogP contribution in [0.4, 0.5) is 4.79 Å². The number of aromatic nitrogens is 1. The zero-order valence-electron chi connectivity index (χ0n) is 16.8. The molecule has 0 saturated carbocycles. The van der Waals surface area contributed by atoms with Crippen LogP contribution >= 0.6 is 0 Å². The van der Waals surface area contributed by atoms with Gasteiger partial charge in [-0.1, -0.05) is 0 Å². The highest BCUT2D eigenvalue weighted by Gasteiger charge is 2.41. The summed E-state index contributed by atoms with van der Waals surface area (Å²) in [6.07, 6.45) is 3.80. The molecule has 2 heterocycles. The Morgan fingerprint density at radius 2 is 2.07 bits per heavy atom. The molecule has 4 rings (SSSR count). The summed E-state index contributed by atoms with van der Waals surface area (Å²) in [5.74, 6) is -0.225. The largest absolute Gasteiger partial charge is 0.366 e. The number of H-pyrrole nitrogens is 1. The number of aromatic amines is 1. The minimum Gasteiger partial charge on any atom is -0.366 e. The Kier molecular flexibility index (Phi) is 4.79. The van der Waals surface area contributed by atoms with Crippen molar-refractivity contribution in [3.8, 4) is 0 Å².